The van der Waals surface area contributed by atoms with Crippen LogP contribution in [0.3, 0.4) is 0 Å². The van der Waals surface area contributed by atoms with Gasteiger partial charge in [0.15, 0.2) is 0 Å². The Balaban J connectivity index is 1.85. The van der Waals surface area contributed by atoms with E-state index in [-0.39, 0.29) is 17.5 Å². The van der Waals surface area contributed by atoms with Crippen LogP contribution in [0.2, 0.25) is 0 Å². The second-order valence-corrected chi connectivity index (χ2v) is 6.93. The summed E-state index contributed by atoms with van der Waals surface area (Å²) < 4.78 is 0. The number of carbonyl (C=O) groups is 1. The van der Waals surface area contributed by atoms with Gasteiger partial charge in [0.05, 0.1) is 0 Å². The summed E-state index contributed by atoms with van der Waals surface area (Å²) in [7, 11) is 1.82. The Morgan fingerprint density at radius 2 is 2.28 bits per heavy atom. The maximum absolute atomic E-state index is 12.6. The van der Waals surface area contributed by atoms with Crippen LogP contribution in [0.4, 0.5) is 11.5 Å². The lowest BCUT2D eigenvalue weighted by Crippen LogP contribution is -2.41. The molecular weight excluding hydrogens is 368 g/mol. The predicted octanol–water partition coefficient (Wildman–Crippen LogP) is 1.42. The van der Waals surface area contributed by atoms with Gasteiger partial charge in [0.2, 0.25) is 5.91 Å². The van der Waals surface area contributed by atoms with Crippen LogP contribution >= 0.6 is 0 Å². The van der Waals surface area contributed by atoms with Crippen LogP contribution in [-0.4, -0.2) is 60.0 Å². The number of pyridine rings is 2. The Hall–Kier alpha value is -3.13. The number of likely N-dealkylation sites (tertiary alicyclic amines) is 1. The van der Waals surface area contributed by atoms with Crippen LogP contribution in [-0.2, 0) is 4.79 Å². The summed E-state index contributed by atoms with van der Waals surface area (Å²) in [5.41, 5.74) is 7.79. The summed E-state index contributed by atoms with van der Waals surface area (Å²) in [4.78, 5) is 35.9. The molecule has 1 fully saturated rings. The fourth-order valence-corrected chi connectivity index (χ4v) is 3.69. The number of amides is 1. The molecule has 0 unspecified atom stereocenters. The average molecular weight is 396 g/mol. The zero-order valence-corrected chi connectivity index (χ0v) is 16.9. The van der Waals surface area contributed by atoms with E-state index in [1.165, 1.54) is 6.08 Å². The van der Waals surface area contributed by atoms with Gasteiger partial charge in [0.1, 0.15) is 11.5 Å². The molecule has 0 saturated carbocycles. The quantitative estimate of drug-likeness (QED) is 0.611. The number of nitrogens with zero attached hydrogens (tertiary/aromatic N) is 3. The average Bonchev–Trinajstić information content (AvgIpc) is 3.24. The van der Waals surface area contributed by atoms with Crippen molar-refractivity contribution in [1.29, 1.82) is 0 Å². The summed E-state index contributed by atoms with van der Waals surface area (Å²) in [6.45, 7) is 4.30. The molecule has 2 aromatic heterocycles. The Labute approximate surface area is 170 Å². The molecule has 3 rings (SSSR count). The smallest absolute Gasteiger partial charge is 0.271 e. The maximum Gasteiger partial charge on any atom is 0.271 e. The third kappa shape index (κ3) is 4.65. The molecule has 8 nitrogen and oxygen atoms in total. The van der Waals surface area contributed by atoms with Crippen molar-refractivity contribution in [3.8, 4) is 11.1 Å². The molecule has 4 N–H and O–H groups in total. The number of hydrogen-bond donors (Lipinski definition) is 3. The largest absolute Gasteiger partial charge is 0.373 e. The van der Waals surface area contributed by atoms with Crippen LogP contribution in [0.15, 0.2) is 47.5 Å². The van der Waals surface area contributed by atoms with Gasteiger partial charge in [0, 0.05) is 63.3 Å². The first kappa shape index (κ1) is 20.6. The summed E-state index contributed by atoms with van der Waals surface area (Å²) in [5, 5.41) is 3.03. The summed E-state index contributed by atoms with van der Waals surface area (Å²) in [6.07, 6.45) is 7.46. The minimum atomic E-state index is -0.133. The third-order valence-corrected chi connectivity index (χ3v) is 5.20. The Kier molecular flexibility index (Phi) is 6.66. The minimum Gasteiger partial charge on any atom is -0.373 e. The minimum absolute atomic E-state index is 0.0342. The SMILES string of the molecule is CCN(c1cc(-c2ccnc(NC)c2)c[nH]c1=O)[C@@H]1CCN(C(=O)C=CCN)C1. The van der Waals surface area contributed by atoms with E-state index >= 15 is 0 Å². The fraction of sp³-hybridized carbons (Fsp3) is 0.381. The van der Waals surface area contributed by atoms with Gasteiger partial charge >= 0.3 is 0 Å². The van der Waals surface area contributed by atoms with Crippen molar-refractivity contribution in [1.82, 2.24) is 14.9 Å². The number of carbonyl (C=O) groups excluding carboxylic acids is 1. The van der Waals surface area contributed by atoms with Gasteiger partial charge in [-0.25, -0.2) is 4.98 Å². The van der Waals surface area contributed by atoms with Gasteiger partial charge < -0.3 is 25.8 Å². The highest BCUT2D eigenvalue weighted by molar-refractivity contribution is 5.88. The number of aromatic nitrogens is 2. The number of nitrogens with one attached hydrogen (secondary N) is 2. The molecule has 2 aromatic rings. The second kappa shape index (κ2) is 9.38. The molecule has 0 spiro atoms. The highest BCUT2D eigenvalue weighted by Gasteiger charge is 2.30. The Morgan fingerprint density at radius 3 is 3.00 bits per heavy atom. The van der Waals surface area contributed by atoms with Crippen LogP contribution < -0.4 is 21.5 Å². The van der Waals surface area contributed by atoms with Crippen molar-refractivity contribution in [2.75, 3.05) is 43.4 Å². The molecule has 29 heavy (non-hydrogen) atoms. The van der Waals surface area contributed by atoms with E-state index in [1.807, 2.05) is 32.2 Å². The van der Waals surface area contributed by atoms with Crippen molar-refractivity contribution in [2.24, 2.45) is 5.73 Å². The van der Waals surface area contributed by atoms with E-state index in [1.54, 1.807) is 23.4 Å². The topological polar surface area (TPSA) is 107 Å². The lowest BCUT2D eigenvalue weighted by molar-refractivity contribution is -0.125. The molecule has 1 atom stereocenters. The third-order valence-electron chi connectivity index (χ3n) is 5.20. The highest BCUT2D eigenvalue weighted by atomic mass is 16.2. The van der Waals surface area contributed by atoms with E-state index in [9.17, 15) is 9.59 Å². The number of likely N-dealkylation sites (N-methyl/N-ethyl adjacent to an activating group) is 1. The van der Waals surface area contributed by atoms with Crippen molar-refractivity contribution >= 4 is 17.4 Å². The van der Waals surface area contributed by atoms with Crippen LogP contribution in [0, 0.1) is 0 Å². The zero-order chi connectivity index (χ0) is 20.8. The number of rotatable bonds is 7. The maximum atomic E-state index is 12.6. The van der Waals surface area contributed by atoms with Crippen molar-refractivity contribution in [3.63, 3.8) is 0 Å². The molecule has 154 valence electrons. The van der Waals surface area contributed by atoms with Crippen molar-refractivity contribution in [2.45, 2.75) is 19.4 Å². The number of hydrogen-bond acceptors (Lipinski definition) is 6. The Bertz CT molecular complexity index is 939. The van der Waals surface area contributed by atoms with E-state index in [2.05, 4.69) is 20.2 Å². The number of H-pyrrole nitrogens is 1. The van der Waals surface area contributed by atoms with Crippen molar-refractivity contribution < 1.29 is 4.79 Å². The summed E-state index contributed by atoms with van der Waals surface area (Å²) >= 11 is 0. The summed E-state index contributed by atoms with van der Waals surface area (Å²) in [5.74, 6) is 0.728. The molecule has 0 bridgehead atoms. The highest BCUT2D eigenvalue weighted by Crippen LogP contribution is 2.26. The first-order chi connectivity index (χ1) is 14.1. The van der Waals surface area contributed by atoms with Gasteiger partial charge in [-0.15, -0.1) is 0 Å². The molecule has 1 aliphatic heterocycles. The van der Waals surface area contributed by atoms with Gasteiger partial charge in [-0.1, -0.05) is 6.08 Å². The number of nitrogens with two attached hydrogens (primary N) is 1. The fourth-order valence-electron chi connectivity index (χ4n) is 3.69. The van der Waals surface area contributed by atoms with Crippen LogP contribution in [0.25, 0.3) is 11.1 Å². The monoisotopic (exact) mass is 396 g/mol. The predicted molar refractivity (Wildman–Crippen MR) is 116 cm³/mol. The molecule has 1 saturated heterocycles. The van der Waals surface area contributed by atoms with E-state index in [0.717, 1.165) is 23.4 Å². The molecule has 1 amide bonds. The normalized spacial score (nSPS) is 16.4. The van der Waals surface area contributed by atoms with Crippen molar-refractivity contribution in [3.05, 3.63) is 53.1 Å². The van der Waals surface area contributed by atoms with Gasteiger partial charge in [0.25, 0.3) is 5.56 Å². The number of aromatic amines is 1. The molecule has 8 heteroatoms. The molecule has 1 aliphatic rings. The molecular formula is C21H28N6O2. The second-order valence-electron chi connectivity index (χ2n) is 6.93. The Morgan fingerprint density at radius 1 is 1.45 bits per heavy atom. The van der Waals surface area contributed by atoms with Gasteiger partial charge in [-0.05, 0) is 37.1 Å². The lowest BCUT2D eigenvalue weighted by atomic mass is 10.1. The molecule has 0 radical (unpaired) electrons. The number of anilines is 2. The molecule has 0 aliphatic carbocycles. The van der Waals surface area contributed by atoms with Crippen LogP contribution in [0.1, 0.15) is 13.3 Å². The van der Waals surface area contributed by atoms with Crippen LogP contribution in [0.5, 0.6) is 0 Å². The van der Waals surface area contributed by atoms with Gasteiger partial charge in [-0.3, -0.25) is 9.59 Å². The first-order valence-corrected chi connectivity index (χ1v) is 9.86. The molecule has 0 aromatic carbocycles. The zero-order valence-electron chi connectivity index (χ0n) is 16.9. The summed E-state index contributed by atoms with van der Waals surface area (Å²) in [6, 6.07) is 5.86. The van der Waals surface area contributed by atoms with E-state index in [0.29, 0.717) is 31.9 Å². The standard InChI is InChI=1S/C21H28N6O2/c1-3-27(17-7-10-26(14-17)20(28)5-4-8-22)18-11-16(13-25-21(18)29)15-6-9-24-19(12-15)23-2/h4-6,9,11-13,17H,3,7-8,10,14,22H2,1-2H3,(H,23,24)(H,25,29)/t17-/m1/s1. The lowest BCUT2D eigenvalue weighted by Gasteiger charge is -2.29. The molecule has 3 heterocycles. The van der Waals surface area contributed by atoms with Gasteiger partial charge in [-0.2, -0.15) is 0 Å². The van der Waals surface area contributed by atoms with E-state index in [4.69, 9.17) is 5.73 Å². The van der Waals surface area contributed by atoms with E-state index < -0.39 is 0 Å². The first-order valence-electron chi connectivity index (χ1n) is 9.86.